The summed E-state index contributed by atoms with van der Waals surface area (Å²) < 4.78 is 0. The fraction of sp³-hybridized carbons (Fsp3) is 0.409. The van der Waals surface area contributed by atoms with Crippen LogP contribution in [-0.4, -0.2) is 75.6 Å². The van der Waals surface area contributed by atoms with Gasteiger partial charge in [0.1, 0.15) is 18.1 Å². The Morgan fingerprint density at radius 1 is 1.00 bits per heavy atom. The normalized spacial score (nSPS) is 14.4. The van der Waals surface area contributed by atoms with E-state index in [2.05, 4.69) is 20.9 Å². The zero-order chi connectivity index (χ0) is 26.1. The maximum absolute atomic E-state index is 12.6. The van der Waals surface area contributed by atoms with E-state index in [1.807, 2.05) is 18.2 Å². The molecule has 1 heterocycles. The number of hydrogen-bond acceptors (Lipinski definition) is 7. The van der Waals surface area contributed by atoms with Gasteiger partial charge in [0.2, 0.25) is 23.6 Å². The molecule has 35 heavy (non-hydrogen) atoms. The largest absolute Gasteiger partial charge is 0.480 e. The highest BCUT2D eigenvalue weighted by atomic mass is 16.4. The minimum atomic E-state index is -1.46. The number of para-hydroxylation sites is 1. The summed E-state index contributed by atoms with van der Waals surface area (Å²) >= 11 is 0. The number of aliphatic carboxylic acids is 1. The van der Waals surface area contributed by atoms with Gasteiger partial charge in [0.15, 0.2) is 0 Å². The molecule has 0 spiro atoms. The van der Waals surface area contributed by atoms with E-state index in [1.54, 1.807) is 12.3 Å². The first kappa shape index (κ1) is 27.3. The van der Waals surface area contributed by atoms with Gasteiger partial charge in [-0.05, 0) is 25.0 Å². The number of carboxylic acids is 1. The molecule has 13 heteroatoms. The molecule has 4 atom stereocenters. The van der Waals surface area contributed by atoms with E-state index >= 15 is 0 Å². The van der Waals surface area contributed by atoms with Crippen molar-refractivity contribution in [3.05, 3.63) is 36.0 Å². The van der Waals surface area contributed by atoms with Crippen LogP contribution in [0.25, 0.3) is 10.9 Å². The van der Waals surface area contributed by atoms with Gasteiger partial charge in [-0.15, -0.1) is 0 Å². The van der Waals surface area contributed by atoms with E-state index in [-0.39, 0.29) is 19.3 Å². The highest BCUT2D eigenvalue weighted by Crippen LogP contribution is 2.19. The molecule has 0 aliphatic carbocycles. The standard InChI is InChI=1S/C22H30N6O7/c1-11(26-20(32)14(23)6-7-18(24)30)19(31)28-17(10-29)21(33)27-16(22(34)35)8-12-9-25-15-5-3-2-4-13(12)15/h2-5,9,11,14,16-17,25,29H,6-8,10,23H2,1H3,(H2,24,30)(H,26,32)(H,27,33)(H,28,31)(H,34,35). The smallest absolute Gasteiger partial charge is 0.326 e. The number of primary amides is 1. The zero-order valence-corrected chi connectivity index (χ0v) is 19.1. The van der Waals surface area contributed by atoms with Crippen LogP contribution < -0.4 is 27.4 Å². The molecule has 0 aliphatic heterocycles. The first-order chi connectivity index (χ1) is 16.5. The van der Waals surface area contributed by atoms with Gasteiger partial charge in [-0.1, -0.05) is 18.2 Å². The third-order valence-electron chi connectivity index (χ3n) is 5.32. The molecule has 4 amide bonds. The second-order valence-corrected chi connectivity index (χ2v) is 8.05. The summed E-state index contributed by atoms with van der Waals surface area (Å²) in [4.78, 5) is 62.7. The molecule has 0 fully saturated rings. The molecule has 190 valence electrons. The quantitative estimate of drug-likeness (QED) is 0.154. The van der Waals surface area contributed by atoms with Crippen molar-refractivity contribution in [2.75, 3.05) is 6.61 Å². The number of H-pyrrole nitrogens is 1. The van der Waals surface area contributed by atoms with Gasteiger partial charge in [0, 0.05) is 29.9 Å². The molecular formula is C22H30N6O7. The Balaban J connectivity index is 1.97. The summed E-state index contributed by atoms with van der Waals surface area (Å²) in [6.45, 7) is 0.521. The highest BCUT2D eigenvalue weighted by Gasteiger charge is 2.29. The number of carbonyl (C=O) groups is 5. The van der Waals surface area contributed by atoms with Crippen LogP contribution in [0, 0.1) is 0 Å². The summed E-state index contributed by atoms with van der Waals surface area (Å²) in [6, 6.07) is 2.27. The van der Waals surface area contributed by atoms with Crippen LogP contribution in [0.3, 0.4) is 0 Å². The maximum Gasteiger partial charge on any atom is 0.326 e. The van der Waals surface area contributed by atoms with Gasteiger partial charge in [-0.2, -0.15) is 0 Å². The minimum absolute atomic E-state index is 0.00974. The summed E-state index contributed by atoms with van der Waals surface area (Å²) in [6.07, 6.45) is 1.50. The van der Waals surface area contributed by atoms with Crippen LogP contribution in [0.4, 0.5) is 0 Å². The Hall–Kier alpha value is -3.97. The van der Waals surface area contributed by atoms with Crippen molar-refractivity contribution < 1.29 is 34.2 Å². The first-order valence-electron chi connectivity index (χ1n) is 10.9. The van der Waals surface area contributed by atoms with Gasteiger partial charge >= 0.3 is 5.97 Å². The topological polar surface area (TPSA) is 230 Å². The van der Waals surface area contributed by atoms with Gasteiger partial charge < -0.3 is 42.6 Å². The van der Waals surface area contributed by atoms with E-state index in [1.165, 1.54) is 6.92 Å². The fourth-order valence-corrected chi connectivity index (χ4v) is 3.30. The number of hydrogen-bond donors (Lipinski definition) is 8. The molecule has 1 aromatic carbocycles. The number of aromatic nitrogens is 1. The summed E-state index contributed by atoms with van der Waals surface area (Å²) in [5, 5.41) is 26.9. The minimum Gasteiger partial charge on any atom is -0.480 e. The predicted octanol–water partition coefficient (Wildman–Crippen LogP) is -2.15. The molecule has 2 aromatic rings. The third-order valence-corrected chi connectivity index (χ3v) is 5.32. The lowest BCUT2D eigenvalue weighted by Crippen LogP contribution is -2.57. The third kappa shape index (κ3) is 7.79. The predicted molar refractivity (Wildman–Crippen MR) is 125 cm³/mol. The van der Waals surface area contributed by atoms with Crippen LogP contribution in [0.2, 0.25) is 0 Å². The molecule has 0 bridgehead atoms. The Bertz CT molecular complexity index is 1090. The number of amides is 4. The lowest BCUT2D eigenvalue weighted by molar-refractivity contribution is -0.142. The monoisotopic (exact) mass is 490 g/mol. The number of carboxylic acid groups (broad SMARTS) is 1. The SMILES string of the molecule is CC(NC(=O)C(N)CCC(N)=O)C(=O)NC(CO)C(=O)NC(Cc1c[nH]c2ccccc12)C(=O)O. The Morgan fingerprint density at radius 2 is 1.66 bits per heavy atom. The Kier molecular flexibility index (Phi) is 9.73. The van der Waals surface area contributed by atoms with Gasteiger partial charge in [0.05, 0.1) is 12.6 Å². The molecule has 0 saturated heterocycles. The maximum atomic E-state index is 12.6. The van der Waals surface area contributed by atoms with Crippen LogP contribution in [0.5, 0.6) is 0 Å². The molecule has 13 nitrogen and oxygen atoms in total. The van der Waals surface area contributed by atoms with Crippen LogP contribution >= 0.6 is 0 Å². The van der Waals surface area contributed by atoms with E-state index in [0.717, 1.165) is 10.9 Å². The van der Waals surface area contributed by atoms with Crippen LogP contribution in [-0.2, 0) is 30.4 Å². The Labute approximate surface area is 200 Å². The molecule has 10 N–H and O–H groups in total. The number of aromatic amines is 1. The van der Waals surface area contributed by atoms with Gasteiger partial charge in [-0.3, -0.25) is 19.2 Å². The number of rotatable bonds is 13. The van der Waals surface area contributed by atoms with Gasteiger partial charge in [-0.25, -0.2) is 4.79 Å². The molecular weight excluding hydrogens is 460 g/mol. The van der Waals surface area contributed by atoms with Crippen molar-refractivity contribution >= 4 is 40.5 Å². The second kappa shape index (κ2) is 12.5. The van der Waals surface area contributed by atoms with Crippen molar-refractivity contribution in [3.63, 3.8) is 0 Å². The number of nitrogens with two attached hydrogens (primary N) is 2. The number of aliphatic hydroxyl groups excluding tert-OH is 1. The lowest BCUT2D eigenvalue weighted by atomic mass is 10.0. The summed E-state index contributed by atoms with van der Waals surface area (Å²) in [5.41, 5.74) is 12.1. The van der Waals surface area contributed by atoms with Gasteiger partial charge in [0.25, 0.3) is 0 Å². The van der Waals surface area contributed by atoms with Crippen molar-refractivity contribution in [2.24, 2.45) is 11.5 Å². The number of benzene rings is 1. The molecule has 0 radical (unpaired) electrons. The van der Waals surface area contributed by atoms with Crippen LogP contribution in [0.1, 0.15) is 25.3 Å². The average molecular weight is 491 g/mol. The zero-order valence-electron chi connectivity index (χ0n) is 19.1. The summed E-state index contributed by atoms with van der Waals surface area (Å²) in [5.74, 6) is -4.34. The van der Waals surface area contributed by atoms with Crippen molar-refractivity contribution in [3.8, 4) is 0 Å². The number of fused-ring (bicyclic) bond motifs is 1. The highest BCUT2D eigenvalue weighted by molar-refractivity contribution is 5.94. The lowest BCUT2D eigenvalue weighted by Gasteiger charge is -2.22. The molecule has 4 unspecified atom stereocenters. The van der Waals surface area contributed by atoms with E-state index in [9.17, 15) is 34.2 Å². The van der Waals surface area contributed by atoms with Crippen LogP contribution in [0.15, 0.2) is 30.5 Å². The number of nitrogens with one attached hydrogen (secondary N) is 4. The summed E-state index contributed by atoms with van der Waals surface area (Å²) in [7, 11) is 0. The second-order valence-electron chi connectivity index (χ2n) is 8.05. The van der Waals surface area contributed by atoms with Crippen molar-refractivity contribution in [1.29, 1.82) is 0 Å². The van der Waals surface area contributed by atoms with E-state index in [0.29, 0.717) is 5.56 Å². The number of aliphatic hydroxyl groups is 1. The van der Waals surface area contributed by atoms with Crippen molar-refractivity contribution in [1.82, 2.24) is 20.9 Å². The molecule has 1 aromatic heterocycles. The molecule has 0 saturated carbocycles. The molecule has 0 aliphatic rings. The van der Waals surface area contributed by atoms with E-state index in [4.69, 9.17) is 11.5 Å². The Morgan fingerprint density at radius 3 is 2.29 bits per heavy atom. The molecule has 2 rings (SSSR count). The van der Waals surface area contributed by atoms with Crippen molar-refractivity contribution in [2.45, 2.75) is 50.4 Å². The van der Waals surface area contributed by atoms with E-state index < -0.39 is 60.4 Å². The number of carbonyl (C=O) groups excluding carboxylic acids is 4. The average Bonchev–Trinajstić information content (AvgIpc) is 3.22. The first-order valence-corrected chi connectivity index (χ1v) is 10.9. The fourth-order valence-electron chi connectivity index (χ4n) is 3.30.